The molecule has 0 saturated carbocycles. The van der Waals surface area contributed by atoms with Crippen molar-refractivity contribution in [1.82, 2.24) is 9.97 Å². The average molecular weight is 339 g/mol. The number of hydrogen-bond donors (Lipinski definition) is 2. The fourth-order valence-electron chi connectivity index (χ4n) is 4.21. The fourth-order valence-corrected chi connectivity index (χ4v) is 4.21. The van der Waals surface area contributed by atoms with Gasteiger partial charge in [0.1, 0.15) is 11.8 Å². The summed E-state index contributed by atoms with van der Waals surface area (Å²) >= 11 is 0. The molecule has 5 rings (SSSR count). The Kier molecular flexibility index (Phi) is 3.23. The number of nitrogens with zero attached hydrogens (tertiary/aromatic N) is 2. The van der Waals surface area contributed by atoms with Crippen molar-refractivity contribution < 1.29 is 5.11 Å². The summed E-state index contributed by atoms with van der Waals surface area (Å²) in [5, 5.41) is 21.3. The van der Waals surface area contributed by atoms with E-state index >= 15 is 0 Å². The molecule has 4 nitrogen and oxygen atoms in total. The van der Waals surface area contributed by atoms with Crippen LogP contribution >= 0.6 is 0 Å². The molecule has 2 heterocycles. The van der Waals surface area contributed by atoms with Crippen LogP contribution in [-0.2, 0) is 12.8 Å². The fraction of sp³-hybridized carbons (Fsp3) is 0.182. The summed E-state index contributed by atoms with van der Waals surface area (Å²) < 4.78 is 0. The van der Waals surface area contributed by atoms with E-state index < -0.39 is 0 Å². The van der Waals surface area contributed by atoms with E-state index in [0.29, 0.717) is 5.56 Å². The number of benzene rings is 2. The first kappa shape index (κ1) is 15.0. The number of rotatable bonds is 1. The zero-order valence-corrected chi connectivity index (χ0v) is 14.2. The summed E-state index contributed by atoms with van der Waals surface area (Å²) in [6.07, 6.45) is 6.03. The lowest BCUT2D eigenvalue weighted by Gasteiger charge is -2.23. The predicted octanol–water partition coefficient (Wildman–Crippen LogP) is 4.84. The quantitative estimate of drug-likeness (QED) is 0.521. The van der Waals surface area contributed by atoms with E-state index in [1.54, 1.807) is 18.3 Å². The van der Waals surface area contributed by atoms with Gasteiger partial charge < -0.3 is 10.1 Å². The molecule has 1 aliphatic rings. The van der Waals surface area contributed by atoms with Crippen molar-refractivity contribution in [3.05, 3.63) is 59.3 Å². The average Bonchev–Trinajstić information content (AvgIpc) is 3.11. The van der Waals surface area contributed by atoms with Gasteiger partial charge in [0.25, 0.3) is 0 Å². The third-order valence-electron chi connectivity index (χ3n) is 5.39. The molecule has 0 amide bonds. The van der Waals surface area contributed by atoms with Crippen LogP contribution in [0.4, 0.5) is 0 Å². The molecule has 4 heteroatoms. The van der Waals surface area contributed by atoms with Gasteiger partial charge in [0.15, 0.2) is 0 Å². The van der Waals surface area contributed by atoms with Gasteiger partial charge in [-0.15, -0.1) is 0 Å². The van der Waals surface area contributed by atoms with E-state index in [4.69, 9.17) is 0 Å². The summed E-state index contributed by atoms with van der Waals surface area (Å²) in [5.74, 6) is 0.270. The van der Waals surface area contributed by atoms with Crippen LogP contribution in [0, 0.1) is 11.3 Å². The molecule has 0 fully saturated rings. The minimum atomic E-state index is 0.270. The molecule has 0 saturated heterocycles. The Labute approximate surface area is 150 Å². The van der Waals surface area contributed by atoms with Crippen molar-refractivity contribution in [3.63, 3.8) is 0 Å². The highest BCUT2D eigenvalue weighted by Crippen LogP contribution is 2.39. The number of aromatic amines is 1. The standard InChI is InChI=1S/C22H17N3O/c23-11-14-12-24-18-9-10-19-21(20(14)18)16-3-1-2-4-17(16)22(25-19)13-5-7-15(26)8-6-13/h5-10,12,25-26H,1-4H2. The first-order valence-electron chi connectivity index (χ1n) is 8.91. The van der Waals surface area contributed by atoms with Crippen LogP contribution in [0.3, 0.4) is 0 Å². The molecule has 0 aliphatic heterocycles. The Morgan fingerprint density at radius 1 is 0.962 bits per heavy atom. The summed E-state index contributed by atoms with van der Waals surface area (Å²) in [6.45, 7) is 0. The Balaban J connectivity index is 1.91. The SMILES string of the molecule is N#Cc1cnc2ccc3[nH]c(-c4ccc(O)cc4)c4c(c3c12)CCCC4. The summed E-state index contributed by atoms with van der Waals surface area (Å²) in [7, 11) is 0. The number of aromatic hydroxyl groups is 1. The second-order valence-electron chi connectivity index (χ2n) is 6.88. The van der Waals surface area contributed by atoms with Crippen LogP contribution in [0.2, 0.25) is 0 Å². The zero-order chi connectivity index (χ0) is 17.7. The highest BCUT2D eigenvalue weighted by Gasteiger charge is 2.21. The molecular formula is C22H17N3O. The van der Waals surface area contributed by atoms with Crippen LogP contribution in [0.5, 0.6) is 5.75 Å². The molecule has 0 spiro atoms. The monoisotopic (exact) mass is 339 g/mol. The number of pyridine rings is 1. The van der Waals surface area contributed by atoms with Gasteiger partial charge in [-0.3, -0.25) is 4.98 Å². The van der Waals surface area contributed by atoms with Crippen LogP contribution in [-0.4, -0.2) is 15.1 Å². The maximum Gasteiger partial charge on any atom is 0.115 e. The molecule has 1 aliphatic carbocycles. The Bertz CT molecular complexity index is 1200. The molecule has 0 unspecified atom stereocenters. The van der Waals surface area contributed by atoms with Crippen LogP contribution < -0.4 is 0 Å². The van der Waals surface area contributed by atoms with Gasteiger partial charge in [0.2, 0.25) is 0 Å². The van der Waals surface area contributed by atoms with Crippen LogP contribution in [0.25, 0.3) is 33.1 Å². The smallest absolute Gasteiger partial charge is 0.115 e. The van der Waals surface area contributed by atoms with E-state index in [0.717, 1.165) is 58.7 Å². The number of phenolic OH excluding ortho intramolecular Hbond substituents is 1. The second kappa shape index (κ2) is 5.60. The minimum absolute atomic E-state index is 0.270. The Morgan fingerprint density at radius 3 is 2.50 bits per heavy atom. The third-order valence-corrected chi connectivity index (χ3v) is 5.39. The van der Waals surface area contributed by atoms with Gasteiger partial charge in [0, 0.05) is 28.2 Å². The largest absolute Gasteiger partial charge is 0.508 e. The van der Waals surface area contributed by atoms with Crippen molar-refractivity contribution >= 4 is 21.8 Å². The van der Waals surface area contributed by atoms with E-state index in [1.165, 1.54) is 11.1 Å². The number of aryl methyl sites for hydroxylation is 1. The van der Waals surface area contributed by atoms with E-state index in [9.17, 15) is 10.4 Å². The first-order chi connectivity index (χ1) is 12.8. The van der Waals surface area contributed by atoms with Gasteiger partial charge in [-0.25, -0.2) is 0 Å². The third kappa shape index (κ3) is 2.11. The molecular weight excluding hydrogens is 322 g/mol. The molecule has 2 aromatic heterocycles. The van der Waals surface area contributed by atoms with Crippen LogP contribution in [0.1, 0.15) is 29.5 Å². The number of phenols is 1. The minimum Gasteiger partial charge on any atom is -0.508 e. The van der Waals surface area contributed by atoms with Crippen molar-refractivity contribution in [2.24, 2.45) is 0 Å². The first-order valence-corrected chi connectivity index (χ1v) is 8.91. The van der Waals surface area contributed by atoms with Gasteiger partial charge in [-0.2, -0.15) is 5.26 Å². The van der Waals surface area contributed by atoms with Gasteiger partial charge >= 0.3 is 0 Å². The van der Waals surface area contributed by atoms with Crippen molar-refractivity contribution in [2.75, 3.05) is 0 Å². The molecule has 2 aromatic carbocycles. The van der Waals surface area contributed by atoms with E-state index in [2.05, 4.69) is 22.1 Å². The topological polar surface area (TPSA) is 72.7 Å². The van der Waals surface area contributed by atoms with Gasteiger partial charge in [-0.1, -0.05) is 0 Å². The van der Waals surface area contributed by atoms with E-state index in [-0.39, 0.29) is 5.75 Å². The highest BCUT2D eigenvalue weighted by molar-refractivity contribution is 6.10. The summed E-state index contributed by atoms with van der Waals surface area (Å²) in [6, 6.07) is 13.7. The van der Waals surface area contributed by atoms with Gasteiger partial charge in [0.05, 0.1) is 11.1 Å². The van der Waals surface area contributed by atoms with Gasteiger partial charge in [-0.05, 0) is 78.8 Å². The normalized spacial score (nSPS) is 13.7. The van der Waals surface area contributed by atoms with Crippen molar-refractivity contribution in [3.8, 4) is 23.1 Å². The molecule has 0 atom stereocenters. The maximum absolute atomic E-state index is 9.62. The number of H-pyrrole nitrogens is 1. The molecule has 0 bridgehead atoms. The number of fused-ring (bicyclic) bond motifs is 5. The molecule has 126 valence electrons. The Morgan fingerprint density at radius 2 is 1.73 bits per heavy atom. The lowest BCUT2D eigenvalue weighted by molar-refractivity contribution is 0.475. The molecule has 2 N–H and O–H groups in total. The lowest BCUT2D eigenvalue weighted by Crippen LogP contribution is -2.08. The number of nitrogens with one attached hydrogen (secondary N) is 1. The highest BCUT2D eigenvalue weighted by atomic mass is 16.3. The maximum atomic E-state index is 9.62. The Hall–Kier alpha value is -3.32. The summed E-state index contributed by atoms with van der Waals surface area (Å²) in [5.41, 5.74) is 7.41. The van der Waals surface area contributed by atoms with Crippen molar-refractivity contribution in [2.45, 2.75) is 25.7 Å². The number of hydrogen-bond acceptors (Lipinski definition) is 3. The molecule has 0 radical (unpaired) electrons. The van der Waals surface area contributed by atoms with E-state index in [1.807, 2.05) is 18.2 Å². The van der Waals surface area contributed by atoms with Crippen molar-refractivity contribution in [1.29, 1.82) is 5.26 Å². The molecule has 26 heavy (non-hydrogen) atoms. The second-order valence-corrected chi connectivity index (χ2v) is 6.88. The number of aromatic nitrogens is 2. The summed E-state index contributed by atoms with van der Waals surface area (Å²) in [4.78, 5) is 8.02. The zero-order valence-electron chi connectivity index (χ0n) is 14.2. The number of nitriles is 1. The molecule has 4 aromatic rings. The van der Waals surface area contributed by atoms with Crippen LogP contribution in [0.15, 0.2) is 42.6 Å². The lowest BCUT2D eigenvalue weighted by atomic mass is 9.85. The predicted molar refractivity (Wildman–Crippen MR) is 102 cm³/mol.